The molecule has 0 saturated carbocycles. The highest BCUT2D eigenvalue weighted by molar-refractivity contribution is 5.85. The second-order valence-corrected chi connectivity index (χ2v) is 3.00. The molecule has 0 aliphatic rings. The zero-order valence-corrected chi connectivity index (χ0v) is 11.6. The first-order valence-corrected chi connectivity index (χ1v) is 4.84. The summed E-state index contributed by atoms with van der Waals surface area (Å²) in [7, 11) is 0. The minimum absolute atomic E-state index is 0.176. The molecule has 9 nitrogen and oxygen atoms in total. The van der Waals surface area contributed by atoms with Crippen LogP contribution < -0.4 is 0 Å². The largest absolute Gasteiger partial charge is 0.503 e. The van der Waals surface area contributed by atoms with Gasteiger partial charge in [0.25, 0.3) is 0 Å². The maximum Gasteiger partial charge on any atom is 0.503 e. The van der Waals surface area contributed by atoms with E-state index in [0.717, 1.165) is 6.08 Å². The van der Waals surface area contributed by atoms with Gasteiger partial charge in [0.2, 0.25) is 0 Å². The number of hydrogen-bond donors (Lipinski definition) is 5. The summed E-state index contributed by atoms with van der Waals surface area (Å²) < 4.78 is 0. The SMILES string of the molecule is C=C(C)C(=O)O.C=C(C)C(=O)O.C=CC(=O)O.O=C(O)O. The first kappa shape index (κ1) is 26.5. The number of rotatable bonds is 3. The summed E-state index contributed by atoms with van der Waals surface area (Å²) in [5, 5.41) is 37.3. The van der Waals surface area contributed by atoms with E-state index < -0.39 is 24.1 Å². The topological polar surface area (TPSA) is 169 Å². The Hall–Kier alpha value is -3.10. The molecule has 120 valence electrons. The predicted molar refractivity (Wildman–Crippen MR) is 73.4 cm³/mol. The minimum Gasteiger partial charge on any atom is -0.478 e. The van der Waals surface area contributed by atoms with Crippen LogP contribution in [0.4, 0.5) is 4.79 Å². The van der Waals surface area contributed by atoms with E-state index >= 15 is 0 Å². The van der Waals surface area contributed by atoms with Crippen molar-refractivity contribution in [3.8, 4) is 0 Å². The van der Waals surface area contributed by atoms with Crippen molar-refractivity contribution < 1.29 is 44.7 Å². The van der Waals surface area contributed by atoms with Gasteiger partial charge in [-0.3, -0.25) is 0 Å². The van der Waals surface area contributed by atoms with Crippen molar-refractivity contribution in [3.63, 3.8) is 0 Å². The number of hydrogen-bond acceptors (Lipinski definition) is 4. The van der Waals surface area contributed by atoms with E-state index in [0.29, 0.717) is 0 Å². The van der Waals surface area contributed by atoms with Gasteiger partial charge in [-0.05, 0) is 13.8 Å². The molecule has 0 radical (unpaired) electrons. The van der Waals surface area contributed by atoms with Crippen LogP contribution in [0.25, 0.3) is 0 Å². The van der Waals surface area contributed by atoms with Gasteiger partial charge in [0.1, 0.15) is 0 Å². The summed E-state index contributed by atoms with van der Waals surface area (Å²) >= 11 is 0. The molecule has 0 rings (SSSR count). The fraction of sp³-hybridized carbons (Fsp3) is 0.167. The van der Waals surface area contributed by atoms with Crippen molar-refractivity contribution in [3.05, 3.63) is 37.0 Å². The summed E-state index contributed by atoms with van der Waals surface area (Å²) in [6, 6.07) is 0. The third-order valence-electron chi connectivity index (χ3n) is 0.905. The Labute approximate surface area is 120 Å². The van der Waals surface area contributed by atoms with E-state index in [1.807, 2.05) is 0 Å². The minimum atomic E-state index is -1.83. The molecule has 0 heterocycles. The second kappa shape index (κ2) is 16.9. The zero-order chi connectivity index (χ0) is 18.2. The van der Waals surface area contributed by atoms with Gasteiger partial charge in [0.05, 0.1) is 0 Å². The summed E-state index contributed by atoms with van der Waals surface area (Å²) in [5.74, 6) is -2.85. The lowest BCUT2D eigenvalue weighted by atomic mass is 10.4. The van der Waals surface area contributed by atoms with Crippen LogP contribution in [0.2, 0.25) is 0 Å². The monoisotopic (exact) mass is 306 g/mol. The molecule has 0 spiro atoms. The molecular formula is C12H18O9. The molecule has 0 aliphatic heterocycles. The van der Waals surface area contributed by atoms with Gasteiger partial charge in [0.15, 0.2) is 0 Å². The molecule has 0 aliphatic carbocycles. The normalized spacial score (nSPS) is 6.95. The standard InChI is InChI=1S/2C4H6O2.C3H4O2.CH2O3/c2*1-3(2)4(5)6;1-2-3(4)5;2-1(3)4/h2*1H2,2H3,(H,5,6);2H,1H2,(H,4,5);(H2,2,3,4). The fourth-order valence-corrected chi connectivity index (χ4v) is 0. The maximum atomic E-state index is 9.60. The Balaban J connectivity index is -0.0000000929. The van der Waals surface area contributed by atoms with E-state index in [2.05, 4.69) is 19.7 Å². The number of aliphatic carboxylic acids is 3. The number of carbonyl (C=O) groups is 4. The first-order chi connectivity index (χ1) is 9.29. The Bertz CT molecular complexity index is 355. The Kier molecular flexibility index (Phi) is 21.3. The molecule has 0 aromatic carbocycles. The maximum absolute atomic E-state index is 9.60. The van der Waals surface area contributed by atoms with Gasteiger partial charge in [-0.25, -0.2) is 19.2 Å². The van der Waals surface area contributed by atoms with Crippen molar-refractivity contribution in [2.75, 3.05) is 0 Å². The van der Waals surface area contributed by atoms with Crippen molar-refractivity contribution in [2.24, 2.45) is 0 Å². The zero-order valence-electron chi connectivity index (χ0n) is 11.6. The molecule has 0 unspecified atom stereocenters. The molecule has 0 aromatic heterocycles. The van der Waals surface area contributed by atoms with E-state index in [-0.39, 0.29) is 11.1 Å². The molecule has 0 fully saturated rings. The summed E-state index contributed by atoms with van der Waals surface area (Å²) in [4.78, 5) is 37.0. The van der Waals surface area contributed by atoms with Crippen LogP contribution in [-0.4, -0.2) is 49.6 Å². The molecule has 5 N–H and O–H groups in total. The summed E-state index contributed by atoms with van der Waals surface area (Å²) in [6.07, 6.45) is -1.00. The molecule has 0 bridgehead atoms. The highest BCUT2D eigenvalue weighted by Gasteiger charge is 1.90. The lowest BCUT2D eigenvalue weighted by Gasteiger charge is -1.79. The highest BCUT2D eigenvalue weighted by Crippen LogP contribution is 1.81. The molecule has 0 amide bonds. The second-order valence-electron chi connectivity index (χ2n) is 3.00. The van der Waals surface area contributed by atoms with Gasteiger partial charge >= 0.3 is 24.1 Å². The average Bonchev–Trinajstić information content (AvgIpc) is 2.29. The Morgan fingerprint density at radius 1 is 0.762 bits per heavy atom. The van der Waals surface area contributed by atoms with E-state index in [1.54, 1.807) is 0 Å². The number of carboxylic acids is 3. The van der Waals surface area contributed by atoms with Crippen molar-refractivity contribution in [2.45, 2.75) is 13.8 Å². The van der Waals surface area contributed by atoms with E-state index in [1.165, 1.54) is 13.8 Å². The van der Waals surface area contributed by atoms with Crippen LogP contribution in [0, 0.1) is 0 Å². The van der Waals surface area contributed by atoms with E-state index in [9.17, 15) is 14.4 Å². The fourth-order valence-electron chi connectivity index (χ4n) is 0. The van der Waals surface area contributed by atoms with Crippen LogP contribution in [0.5, 0.6) is 0 Å². The smallest absolute Gasteiger partial charge is 0.478 e. The van der Waals surface area contributed by atoms with Gasteiger partial charge in [-0.2, -0.15) is 0 Å². The van der Waals surface area contributed by atoms with Crippen molar-refractivity contribution >= 4 is 24.1 Å². The van der Waals surface area contributed by atoms with Crippen molar-refractivity contribution in [1.82, 2.24) is 0 Å². The van der Waals surface area contributed by atoms with Crippen LogP contribution >= 0.6 is 0 Å². The van der Waals surface area contributed by atoms with Gasteiger partial charge in [-0.1, -0.05) is 19.7 Å². The van der Waals surface area contributed by atoms with Crippen molar-refractivity contribution in [1.29, 1.82) is 0 Å². The predicted octanol–water partition coefficient (Wildman–Crippen LogP) is 1.77. The highest BCUT2D eigenvalue weighted by atomic mass is 16.6. The van der Waals surface area contributed by atoms with Crippen LogP contribution in [0.1, 0.15) is 13.8 Å². The van der Waals surface area contributed by atoms with Gasteiger partial charge < -0.3 is 25.5 Å². The lowest BCUT2D eigenvalue weighted by molar-refractivity contribution is -0.133. The third kappa shape index (κ3) is 78.8. The number of carboxylic acid groups (broad SMARTS) is 5. The summed E-state index contributed by atoms with van der Waals surface area (Å²) in [6.45, 7) is 12.2. The lowest BCUT2D eigenvalue weighted by Crippen LogP contribution is -1.92. The molecule has 0 aromatic rings. The van der Waals surface area contributed by atoms with Gasteiger partial charge in [-0.15, -0.1) is 0 Å². The summed E-state index contributed by atoms with van der Waals surface area (Å²) in [5.41, 5.74) is 0.352. The van der Waals surface area contributed by atoms with Crippen LogP contribution in [-0.2, 0) is 14.4 Å². The molecule has 0 atom stereocenters. The first-order valence-electron chi connectivity index (χ1n) is 4.84. The molecule has 0 saturated heterocycles. The molecule has 9 heteroatoms. The molecule has 21 heavy (non-hydrogen) atoms. The van der Waals surface area contributed by atoms with E-state index in [4.69, 9.17) is 30.3 Å². The van der Waals surface area contributed by atoms with Gasteiger partial charge in [0, 0.05) is 17.2 Å². The Morgan fingerprint density at radius 2 is 0.857 bits per heavy atom. The average molecular weight is 306 g/mol. The van der Waals surface area contributed by atoms with Crippen LogP contribution in [0.15, 0.2) is 37.0 Å². The third-order valence-corrected chi connectivity index (χ3v) is 0.905. The Morgan fingerprint density at radius 3 is 0.857 bits per heavy atom. The van der Waals surface area contributed by atoms with Crippen LogP contribution in [0.3, 0.4) is 0 Å². The molecular weight excluding hydrogens is 288 g/mol. The quantitative estimate of drug-likeness (QED) is 0.487.